The number of carbonyl (C=O) groups excluding carboxylic acids is 1. The summed E-state index contributed by atoms with van der Waals surface area (Å²) in [5.41, 5.74) is 1.52. The molecule has 1 amide bonds. The van der Waals surface area contributed by atoms with Crippen LogP contribution in [0.5, 0.6) is 5.75 Å². The summed E-state index contributed by atoms with van der Waals surface area (Å²) < 4.78 is 0. The minimum atomic E-state index is 0.0884. The summed E-state index contributed by atoms with van der Waals surface area (Å²) in [7, 11) is 0. The molecule has 0 fully saturated rings. The number of aryl methyl sites for hydroxylation is 1. The molecular weight excluding hydrogens is 234 g/mol. The third kappa shape index (κ3) is 2.73. The zero-order valence-corrected chi connectivity index (χ0v) is 8.54. The number of phenolic OH excluding ortho intramolecular Hbond substituents is 1. The first kappa shape index (κ1) is 10.1. The highest BCUT2D eigenvalue weighted by molar-refractivity contribution is 9.09. The Morgan fingerprint density at radius 1 is 1.54 bits per heavy atom. The van der Waals surface area contributed by atoms with Gasteiger partial charge in [0, 0.05) is 5.33 Å². The number of alkyl halides is 1. The maximum atomic E-state index is 10.2. The van der Waals surface area contributed by atoms with Crippen LogP contribution in [0.4, 0.5) is 5.69 Å². The van der Waals surface area contributed by atoms with Crippen LogP contribution >= 0.6 is 15.9 Å². The van der Waals surface area contributed by atoms with Gasteiger partial charge < -0.3 is 10.4 Å². The van der Waals surface area contributed by atoms with Crippen molar-refractivity contribution in [2.45, 2.75) is 6.42 Å². The lowest BCUT2D eigenvalue weighted by Gasteiger charge is -2.04. The molecule has 1 aromatic rings. The van der Waals surface area contributed by atoms with Crippen molar-refractivity contribution in [1.29, 1.82) is 0 Å². The molecule has 1 aromatic carbocycles. The number of benzene rings is 1. The molecule has 0 heterocycles. The van der Waals surface area contributed by atoms with Gasteiger partial charge in [0.25, 0.3) is 0 Å². The van der Waals surface area contributed by atoms with E-state index in [0.717, 1.165) is 17.3 Å². The molecule has 0 unspecified atom stereocenters. The molecule has 0 radical (unpaired) electrons. The Labute approximate surface area is 84.9 Å². The molecule has 2 N–H and O–H groups in total. The van der Waals surface area contributed by atoms with Crippen LogP contribution in [0, 0.1) is 0 Å². The number of rotatable bonds is 4. The van der Waals surface area contributed by atoms with Crippen molar-refractivity contribution in [3.05, 3.63) is 23.8 Å². The van der Waals surface area contributed by atoms with Crippen molar-refractivity contribution in [3.63, 3.8) is 0 Å². The van der Waals surface area contributed by atoms with Crippen molar-refractivity contribution < 1.29 is 9.90 Å². The van der Waals surface area contributed by atoms with Crippen molar-refractivity contribution in [2.75, 3.05) is 10.6 Å². The van der Waals surface area contributed by atoms with Crippen molar-refractivity contribution in [3.8, 4) is 5.75 Å². The van der Waals surface area contributed by atoms with E-state index in [4.69, 9.17) is 0 Å². The number of amides is 1. The van der Waals surface area contributed by atoms with Crippen molar-refractivity contribution in [2.24, 2.45) is 0 Å². The molecule has 4 heteroatoms. The van der Waals surface area contributed by atoms with Gasteiger partial charge in [0.15, 0.2) is 0 Å². The first-order valence-electron chi connectivity index (χ1n) is 3.86. The smallest absolute Gasteiger partial charge is 0.211 e. The van der Waals surface area contributed by atoms with E-state index >= 15 is 0 Å². The van der Waals surface area contributed by atoms with Crippen LogP contribution in [-0.4, -0.2) is 16.8 Å². The molecule has 13 heavy (non-hydrogen) atoms. The minimum Gasteiger partial charge on any atom is -0.506 e. The van der Waals surface area contributed by atoms with Gasteiger partial charge in [0.05, 0.1) is 5.69 Å². The van der Waals surface area contributed by atoms with E-state index in [1.807, 2.05) is 6.07 Å². The Morgan fingerprint density at radius 2 is 2.31 bits per heavy atom. The van der Waals surface area contributed by atoms with Crippen LogP contribution in [0.2, 0.25) is 0 Å². The SMILES string of the molecule is O=CNc1cc(CCBr)ccc1O. The largest absolute Gasteiger partial charge is 0.506 e. The maximum Gasteiger partial charge on any atom is 0.211 e. The second kappa shape index (κ2) is 4.87. The zero-order valence-electron chi connectivity index (χ0n) is 6.96. The lowest BCUT2D eigenvalue weighted by Crippen LogP contribution is -1.95. The third-order valence-electron chi connectivity index (χ3n) is 1.66. The summed E-state index contributed by atoms with van der Waals surface area (Å²) in [5.74, 6) is 0.0884. The molecule has 0 aliphatic rings. The average molecular weight is 244 g/mol. The molecule has 0 bridgehead atoms. The predicted molar refractivity (Wildman–Crippen MR) is 55.3 cm³/mol. The van der Waals surface area contributed by atoms with Gasteiger partial charge in [-0.2, -0.15) is 0 Å². The highest BCUT2D eigenvalue weighted by Gasteiger charge is 2.00. The highest BCUT2D eigenvalue weighted by Crippen LogP contribution is 2.23. The predicted octanol–water partition coefficient (Wildman–Crippen LogP) is 1.90. The molecule has 0 spiro atoms. The van der Waals surface area contributed by atoms with E-state index in [9.17, 15) is 9.90 Å². The van der Waals surface area contributed by atoms with E-state index in [-0.39, 0.29) is 5.75 Å². The number of hydrogen-bond donors (Lipinski definition) is 2. The molecular formula is C9H10BrNO2. The van der Waals surface area contributed by atoms with Gasteiger partial charge in [-0.25, -0.2) is 0 Å². The van der Waals surface area contributed by atoms with Crippen LogP contribution < -0.4 is 5.32 Å². The topological polar surface area (TPSA) is 49.3 Å². The lowest BCUT2D eigenvalue weighted by atomic mass is 10.1. The summed E-state index contributed by atoms with van der Waals surface area (Å²) in [6, 6.07) is 5.15. The van der Waals surface area contributed by atoms with Gasteiger partial charge >= 0.3 is 0 Å². The molecule has 0 saturated carbocycles. The van der Waals surface area contributed by atoms with Crippen molar-refractivity contribution >= 4 is 28.0 Å². The molecule has 0 aliphatic carbocycles. The van der Waals surface area contributed by atoms with E-state index in [1.54, 1.807) is 12.1 Å². The number of phenols is 1. The maximum absolute atomic E-state index is 10.2. The van der Waals surface area contributed by atoms with Crippen molar-refractivity contribution in [1.82, 2.24) is 0 Å². The van der Waals surface area contributed by atoms with Gasteiger partial charge in [0.2, 0.25) is 6.41 Å². The van der Waals surface area contributed by atoms with E-state index in [2.05, 4.69) is 21.2 Å². The van der Waals surface area contributed by atoms with Gasteiger partial charge in [0.1, 0.15) is 5.75 Å². The lowest BCUT2D eigenvalue weighted by molar-refractivity contribution is -0.105. The van der Waals surface area contributed by atoms with Gasteiger partial charge in [-0.1, -0.05) is 22.0 Å². The fourth-order valence-electron chi connectivity index (χ4n) is 1.03. The second-order valence-corrected chi connectivity index (χ2v) is 3.35. The number of hydrogen-bond acceptors (Lipinski definition) is 2. The van der Waals surface area contributed by atoms with Crippen LogP contribution in [0.1, 0.15) is 5.56 Å². The normalized spacial score (nSPS) is 9.62. The minimum absolute atomic E-state index is 0.0884. The molecule has 0 aliphatic heterocycles. The molecule has 3 nitrogen and oxygen atoms in total. The first-order valence-corrected chi connectivity index (χ1v) is 4.98. The number of anilines is 1. The third-order valence-corrected chi connectivity index (χ3v) is 2.06. The van der Waals surface area contributed by atoms with Gasteiger partial charge in [-0.3, -0.25) is 4.79 Å². The van der Waals surface area contributed by atoms with E-state index in [0.29, 0.717) is 12.1 Å². The zero-order chi connectivity index (χ0) is 9.68. The number of aromatic hydroxyl groups is 1. The number of carbonyl (C=O) groups is 1. The second-order valence-electron chi connectivity index (χ2n) is 2.55. The monoisotopic (exact) mass is 243 g/mol. The molecule has 0 atom stereocenters. The Balaban J connectivity index is 2.89. The van der Waals surface area contributed by atoms with E-state index < -0.39 is 0 Å². The Hall–Kier alpha value is -1.03. The standard InChI is InChI=1S/C9H10BrNO2/c10-4-3-7-1-2-9(13)8(5-7)11-6-12/h1-2,5-6,13H,3-4H2,(H,11,12). The Bertz CT molecular complexity index is 302. The summed E-state index contributed by atoms with van der Waals surface area (Å²) >= 11 is 3.32. The van der Waals surface area contributed by atoms with Crippen LogP contribution in [0.25, 0.3) is 0 Å². The average Bonchev–Trinajstić information content (AvgIpc) is 2.12. The molecule has 1 rings (SSSR count). The van der Waals surface area contributed by atoms with E-state index in [1.165, 1.54) is 0 Å². The van der Waals surface area contributed by atoms with Crippen LogP contribution in [0.3, 0.4) is 0 Å². The van der Waals surface area contributed by atoms with Gasteiger partial charge in [-0.05, 0) is 24.1 Å². The Morgan fingerprint density at radius 3 is 2.92 bits per heavy atom. The summed E-state index contributed by atoms with van der Waals surface area (Å²) in [6.07, 6.45) is 1.42. The fraction of sp³-hybridized carbons (Fsp3) is 0.222. The summed E-state index contributed by atoms with van der Waals surface area (Å²) in [6.45, 7) is 0. The summed E-state index contributed by atoms with van der Waals surface area (Å²) in [5, 5.41) is 12.6. The molecule has 0 saturated heterocycles. The van der Waals surface area contributed by atoms with Crippen LogP contribution in [0.15, 0.2) is 18.2 Å². The fourth-order valence-corrected chi connectivity index (χ4v) is 1.48. The molecule has 0 aromatic heterocycles. The quantitative estimate of drug-likeness (QED) is 0.482. The van der Waals surface area contributed by atoms with Gasteiger partial charge in [-0.15, -0.1) is 0 Å². The Kier molecular flexibility index (Phi) is 3.76. The number of nitrogens with one attached hydrogen (secondary N) is 1. The number of halogens is 1. The van der Waals surface area contributed by atoms with Crippen LogP contribution in [-0.2, 0) is 11.2 Å². The molecule has 70 valence electrons. The first-order chi connectivity index (χ1) is 6.27. The summed E-state index contributed by atoms with van der Waals surface area (Å²) in [4.78, 5) is 10.2. The highest BCUT2D eigenvalue weighted by atomic mass is 79.9.